The molecule has 2 N–H and O–H groups in total. The van der Waals surface area contributed by atoms with Crippen LogP contribution in [0.15, 0.2) is 36.0 Å². The summed E-state index contributed by atoms with van der Waals surface area (Å²) in [6.45, 7) is 7.26. The van der Waals surface area contributed by atoms with Crippen LogP contribution in [0.3, 0.4) is 0 Å². The van der Waals surface area contributed by atoms with Crippen LogP contribution in [0.5, 0.6) is 0 Å². The molecule has 0 saturated carbocycles. The van der Waals surface area contributed by atoms with Gasteiger partial charge in [-0.15, -0.1) is 16.1 Å². The maximum Gasteiger partial charge on any atom is 0.366 e. The number of fused-ring (bicyclic) bond motifs is 1. The highest BCUT2D eigenvalue weighted by Crippen LogP contribution is 2.05. The van der Waals surface area contributed by atoms with Gasteiger partial charge >= 0.3 is 5.66 Å². The van der Waals surface area contributed by atoms with Gasteiger partial charge in [-0.1, -0.05) is 6.08 Å². The minimum atomic E-state index is -1.15. The standard InChI is InChI=1S/C14H17N5O2S/c1-4-7-15-13(22)17-16-9-10-5-6-11-12(8-10)19(21)14(2,3)18(11)20/h4-6,8-9H,1,7H2,2-3H3,(H2,15,17,22)/b16-9+. The van der Waals surface area contributed by atoms with E-state index in [2.05, 4.69) is 22.4 Å². The Morgan fingerprint density at radius 2 is 2.05 bits per heavy atom. The molecular formula is C14H17N5O2S. The van der Waals surface area contributed by atoms with Crippen molar-refractivity contribution in [3.8, 4) is 0 Å². The lowest BCUT2D eigenvalue weighted by Crippen LogP contribution is -2.46. The van der Waals surface area contributed by atoms with Crippen molar-refractivity contribution in [2.24, 2.45) is 5.10 Å². The van der Waals surface area contributed by atoms with Crippen molar-refractivity contribution in [3.05, 3.63) is 57.5 Å². The summed E-state index contributed by atoms with van der Waals surface area (Å²) in [7, 11) is 0. The number of nitrogens with zero attached hydrogens (tertiary/aromatic N) is 3. The summed E-state index contributed by atoms with van der Waals surface area (Å²) in [6, 6.07) is 4.94. The van der Waals surface area contributed by atoms with E-state index in [1.54, 1.807) is 38.1 Å². The van der Waals surface area contributed by atoms with Crippen LogP contribution in [0.1, 0.15) is 19.4 Å². The van der Waals surface area contributed by atoms with Gasteiger partial charge in [0.05, 0.1) is 20.1 Å². The van der Waals surface area contributed by atoms with Gasteiger partial charge in [-0.2, -0.15) is 5.10 Å². The molecule has 22 heavy (non-hydrogen) atoms. The Balaban J connectivity index is 2.21. The molecule has 0 amide bonds. The van der Waals surface area contributed by atoms with E-state index < -0.39 is 5.66 Å². The molecule has 1 aliphatic heterocycles. The predicted octanol–water partition coefficient (Wildman–Crippen LogP) is -0.602. The van der Waals surface area contributed by atoms with Gasteiger partial charge in [-0.3, -0.25) is 5.43 Å². The molecule has 0 saturated heterocycles. The van der Waals surface area contributed by atoms with E-state index in [0.717, 1.165) is 0 Å². The number of nitrogens with one attached hydrogen (secondary N) is 2. The summed E-state index contributed by atoms with van der Waals surface area (Å²) in [6.07, 6.45) is 3.20. The third-order valence-corrected chi connectivity index (χ3v) is 3.45. The molecule has 0 fully saturated rings. The maximum absolute atomic E-state index is 12.2. The second-order valence-corrected chi connectivity index (χ2v) is 5.61. The van der Waals surface area contributed by atoms with Gasteiger partial charge in [0.2, 0.25) is 0 Å². The quantitative estimate of drug-likeness (QED) is 0.193. The minimum absolute atomic E-state index is 0.330. The molecule has 7 nitrogen and oxygen atoms in total. The van der Waals surface area contributed by atoms with Crippen molar-refractivity contribution >= 4 is 23.5 Å². The van der Waals surface area contributed by atoms with E-state index in [9.17, 15) is 10.4 Å². The molecule has 0 aliphatic carbocycles. The van der Waals surface area contributed by atoms with Gasteiger partial charge in [0.15, 0.2) is 5.11 Å². The monoisotopic (exact) mass is 319 g/mol. The number of rotatable bonds is 4. The fourth-order valence-corrected chi connectivity index (χ4v) is 2.13. The zero-order valence-electron chi connectivity index (χ0n) is 12.4. The fourth-order valence-electron chi connectivity index (χ4n) is 2.00. The molecule has 2 rings (SSSR count). The van der Waals surface area contributed by atoms with Crippen LogP contribution in [0.4, 0.5) is 0 Å². The Morgan fingerprint density at radius 1 is 1.36 bits per heavy atom. The first-order valence-electron chi connectivity index (χ1n) is 6.64. The number of hydrazone groups is 1. The third kappa shape index (κ3) is 2.91. The first-order chi connectivity index (χ1) is 10.4. The number of hydroxylamine groups is 2. The van der Waals surface area contributed by atoms with Crippen molar-refractivity contribution in [2.75, 3.05) is 6.54 Å². The molecule has 116 valence electrons. The fraction of sp³-hybridized carbons (Fsp3) is 0.286. The topological polar surface area (TPSA) is 88.6 Å². The summed E-state index contributed by atoms with van der Waals surface area (Å²) in [5.41, 5.74) is 2.19. The molecule has 0 radical (unpaired) electrons. The van der Waals surface area contributed by atoms with E-state index in [1.807, 2.05) is 0 Å². The van der Waals surface area contributed by atoms with Crippen LogP contribution in [0, 0.1) is 10.4 Å². The molecule has 1 aromatic rings. The van der Waals surface area contributed by atoms with Gasteiger partial charge in [0.1, 0.15) is 0 Å². The highest BCUT2D eigenvalue weighted by atomic mass is 32.1. The molecule has 8 heteroatoms. The van der Waals surface area contributed by atoms with Crippen molar-refractivity contribution < 1.29 is 0 Å². The van der Waals surface area contributed by atoms with Crippen molar-refractivity contribution in [2.45, 2.75) is 19.5 Å². The first-order valence-corrected chi connectivity index (χ1v) is 7.05. The van der Waals surface area contributed by atoms with Gasteiger partial charge < -0.3 is 15.7 Å². The molecule has 0 bridgehead atoms. The largest absolute Gasteiger partial charge is 0.618 e. The first kappa shape index (κ1) is 15.9. The molecule has 1 aromatic carbocycles. The van der Waals surface area contributed by atoms with Crippen LogP contribution < -0.4 is 30.9 Å². The smallest absolute Gasteiger partial charge is 0.366 e. The number of benzene rings is 1. The van der Waals surface area contributed by atoms with Gasteiger partial charge in [0, 0.05) is 24.2 Å². The SMILES string of the molecule is C=CCNC(=S)N/N=C/c1ccc2c(c1)=[N+]([O-])C(C)(C)[N+]=2[O-]. The van der Waals surface area contributed by atoms with Crippen molar-refractivity contribution in [1.29, 1.82) is 0 Å². The van der Waals surface area contributed by atoms with E-state index in [-0.39, 0.29) is 0 Å². The lowest BCUT2D eigenvalue weighted by atomic mass is 10.2. The normalized spacial score (nSPS) is 15.7. The Hall–Kier alpha value is -2.48. The molecule has 0 unspecified atom stereocenters. The van der Waals surface area contributed by atoms with E-state index in [0.29, 0.717) is 37.4 Å². The number of hydrogen-bond donors (Lipinski definition) is 2. The van der Waals surface area contributed by atoms with Crippen LogP contribution in [0.2, 0.25) is 0 Å². The highest BCUT2D eigenvalue weighted by molar-refractivity contribution is 7.80. The third-order valence-electron chi connectivity index (χ3n) is 3.22. The number of hydrogen-bond acceptors (Lipinski definition) is 4. The summed E-state index contributed by atoms with van der Waals surface area (Å²) in [5, 5.41) is 32.1. The summed E-state index contributed by atoms with van der Waals surface area (Å²) >= 11 is 4.99. The van der Waals surface area contributed by atoms with Crippen LogP contribution in [0.25, 0.3) is 0 Å². The van der Waals surface area contributed by atoms with Crippen LogP contribution in [-0.4, -0.2) is 23.5 Å². The second kappa shape index (κ2) is 6.10. The van der Waals surface area contributed by atoms with Gasteiger partial charge in [-0.25, -0.2) is 0 Å². The Bertz CT molecular complexity index is 770. The molecule has 1 heterocycles. The van der Waals surface area contributed by atoms with Gasteiger partial charge in [0.25, 0.3) is 10.7 Å². The molecule has 1 aliphatic rings. The zero-order valence-corrected chi connectivity index (χ0v) is 13.2. The lowest BCUT2D eigenvalue weighted by Gasteiger charge is -2.17. The second-order valence-electron chi connectivity index (χ2n) is 5.20. The van der Waals surface area contributed by atoms with E-state index in [1.165, 1.54) is 6.21 Å². The average molecular weight is 319 g/mol. The van der Waals surface area contributed by atoms with Crippen LogP contribution in [-0.2, 0) is 0 Å². The zero-order chi connectivity index (χ0) is 16.3. The van der Waals surface area contributed by atoms with Crippen LogP contribution >= 0.6 is 12.2 Å². The van der Waals surface area contributed by atoms with Crippen molar-refractivity contribution in [3.63, 3.8) is 0 Å². The van der Waals surface area contributed by atoms with Gasteiger partial charge in [-0.05, 0) is 18.3 Å². The molecule has 0 aromatic heterocycles. The summed E-state index contributed by atoms with van der Waals surface area (Å²) in [5.74, 6) is 0. The average Bonchev–Trinajstić information content (AvgIpc) is 2.66. The van der Waals surface area contributed by atoms with E-state index in [4.69, 9.17) is 12.2 Å². The Kier molecular flexibility index (Phi) is 4.41. The van der Waals surface area contributed by atoms with E-state index >= 15 is 0 Å². The number of thiocarbonyl (C=S) groups is 1. The molecule has 0 atom stereocenters. The van der Waals surface area contributed by atoms with Crippen molar-refractivity contribution in [1.82, 2.24) is 20.2 Å². The Labute approximate surface area is 133 Å². The highest BCUT2D eigenvalue weighted by Gasteiger charge is 2.41. The molecular weight excluding hydrogens is 302 g/mol. The summed E-state index contributed by atoms with van der Waals surface area (Å²) < 4.78 is 1.42. The summed E-state index contributed by atoms with van der Waals surface area (Å²) in [4.78, 5) is 0. The minimum Gasteiger partial charge on any atom is -0.618 e. The maximum atomic E-state index is 12.2. The predicted molar refractivity (Wildman–Crippen MR) is 90.5 cm³/mol. The Morgan fingerprint density at radius 3 is 2.73 bits per heavy atom. The molecule has 0 spiro atoms. The lowest BCUT2D eigenvalue weighted by molar-refractivity contribution is 0.322.